The van der Waals surface area contributed by atoms with Crippen molar-refractivity contribution in [1.82, 2.24) is 10.3 Å². The summed E-state index contributed by atoms with van der Waals surface area (Å²) in [6.07, 6.45) is 0.414. The van der Waals surface area contributed by atoms with Gasteiger partial charge in [0, 0.05) is 16.5 Å². The first kappa shape index (κ1) is 20.7. The highest BCUT2D eigenvalue weighted by Crippen LogP contribution is 2.34. The molecule has 8 heteroatoms. The zero-order valence-corrected chi connectivity index (χ0v) is 18.3. The summed E-state index contributed by atoms with van der Waals surface area (Å²) in [5.74, 6) is -0.0132. The van der Waals surface area contributed by atoms with Crippen LogP contribution in [0.1, 0.15) is 28.0 Å². The molecule has 1 saturated heterocycles. The lowest BCUT2D eigenvalue weighted by atomic mass is 10.1. The van der Waals surface area contributed by atoms with Crippen LogP contribution in [-0.2, 0) is 9.84 Å². The van der Waals surface area contributed by atoms with Gasteiger partial charge >= 0.3 is 0 Å². The van der Waals surface area contributed by atoms with Crippen molar-refractivity contribution in [2.45, 2.75) is 36.3 Å². The number of carbonyl (C=O) groups is 1. The molecule has 2 aromatic carbocycles. The quantitative estimate of drug-likeness (QED) is 0.642. The first-order valence-corrected chi connectivity index (χ1v) is 12.3. The molecular weight excluding hydrogens is 420 g/mol. The Labute approximate surface area is 180 Å². The van der Waals surface area contributed by atoms with Gasteiger partial charge in [0.2, 0.25) is 5.89 Å². The van der Waals surface area contributed by atoms with Gasteiger partial charge in [-0.1, -0.05) is 35.4 Å². The molecule has 0 saturated carbocycles. The van der Waals surface area contributed by atoms with Gasteiger partial charge in [-0.05, 0) is 56.3 Å². The molecule has 1 aromatic heterocycles. The monoisotopic (exact) mass is 442 g/mol. The zero-order chi connectivity index (χ0) is 21.3. The molecule has 1 fully saturated rings. The van der Waals surface area contributed by atoms with Gasteiger partial charge in [-0.15, -0.1) is 0 Å². The van der Waals surface area contributed by atoms with Crippen LogP contribution in [0.25, 0.3) is 11.5 Å². The highest BCUT2D eigenvalue weighted by atomic mass is 32.2. The number of carbonyl (C=O) groups excluding carboxylic acids is 1. The average molecular weight is 443 g/mol. The standard InChI is InChI=1S/C22H22N2O4S2/c1-14-3-7-16(8-4-14)21-24-19(20(25)23-17-11-12-30(26,27)13-17)22(28-21)29-18-9-5-15(2)6-10-18/h3-10,17H,11-13H2,1-2H3,(H,23,25). The normalized spacial score (nSPS) is 17.7. The van der Waals surface area contributed by atoms with Gasteiger partial charge < -0.3 is 9.73 Å². The van der Waals surface area contributed by atoms with Crippen LogP contribution in [0.4, 0.5) is 0 Å². The molecule has 1 amide bonds. The first-order chi connectivity index (χ1) is 14.3. The Morgan fingerprint density at radius 3 is 2.30 bits per heavy atom. The van der Waals surface area contributed by atoms with Crippen molar-refractivity contribution in [2.24, 2.45) is 0 Å². The second kappa shape index (κ2) is 8.28. The summed E-state index contributed by atoms with van der Waals surface area (Å²) in [6, 6.07) is 15.2. The third kappa shape index (κ3) is 4.76. The maximum Gasteiger partial charge on any atom is 0.274 e. The molecule has 4 rings (SSSR count). The fraction of sp³-hybridized carbons (Fsp3) is 0.273. The number of hydrogen-bond acceptors (Lipinski definition) is 6. The van der Waals surface area contributed by atoms with E-state index in [2.05, 4.69) is 10.3 Å². The van der Waals surface area contributed by atoms with Crippen molar-refractivity contribution < 1.29 is 17.6 Å². The van der Waals surface area contributed by atoms with Gasteiger partial charge in [0.15, 0.2) is 20.6 Å². The summed E-state index contributed by atoms with van der Waals surface area (Å²) >= 11 is 1.32. The van der Waals surface area contributed by atoms with E-state index in [0.717, 1.165) is 21.6 Å². The second-order valence-corrected chi connectivity index (χ2v) is 10.8. The van der Waals surface area contributed by atoms with Crippen LogP contribution in [0, 0.1) is 13.8 Å². The Kier molecular flexibility index (Phi) is 5.71. The van der Waals surface area contributed by atoms with Gasteiger partial charge in [0.25, 0.3) is 5.91 Å². The summed E-state index contributed by atoms with van der Waals surface area (Å²) < 4.78 is 29.4. The number of nitrogens with one attached hydrogen (secondary N) is 1. The van der Waals surface area contributed by atoms with E-state index >= 15 is 0 Å². The Bertz CT molecular complexity index is 1170. The van der Waals surface area contributed by atoms with E-state index in [1.54, 1.807) is 0 Å². The van der Waals surface area contributed by atoms with Crippen LogP contribution in [0.3, 0.4) is 0 Å². The smallest absolute Gasteiger partial charge is 0.274 e. The highest BCUT2D eigenvalue weighted by molar-refractivity contribution is 7.99. The van der Waals surface area contributed by atoms with Crippen LogP contribution in [0.2, 0.25) is 0 Å². The van der Waals surface area contributed by atoms with Crippen molar-refractivity contribution in [3.63, 3.8) is 0 Å². The topological polar surface area (TPSA) is 89.3 Å². The number of nitrogens with zero attached hydrogens (tertiary/aromatic N) is 1. The molecule has 0 spiro atoms. The number of oxazole rings is 1. The zero-order valence-electron chi connectivity index (χ0n) is 16.7. The van der Waals surface area contributed by atoms with Gasteiger partial charge in [-0.3, -0.25) is 4.79 Å². The van der Waals surface area contributed by atoms with E-state index in [0.29, 0.717) is 17.4 Å². The van der Waals surface area contributed by atoms with Crippen molar-refractivity contribution in [3.8, 4) is 11.5 Å². The number of benzene rings is 2. The molecule has 0 aliphatic carbocycles. The van der Waals surface area contributed by atoms with E-state index in [1.165, 1.54) is 11.8 Å². The lowest BCUT2D eigenvalue weighted by Gasteiger charge is -2.09. The van der Waals surface area contributed by atoms with E-state index in [1.807, 2.05) is 62.4 Å². The molecule has 1 aliphatic rings. The highest BCUT2D eigenvalue weighted by Gasteiger charge is 2.31. The number of amides is 1. The number of hydrogen-bond donors (Lipinski definition) is 1. The lowest BCUT2D eigenvalue weighted by Crippen LogP contribution is -2.36. The largest absolute Gasteiger partial charge is 0.429 e. The van der Waals surface area contributed by atoms with Crippen molar-refractivity contribution in [3.05, 3.63) is 65.4 Å². The predicted octanol–water partition coefficient (Wildman–Crippen LogP) is 4.03. The predicted molar refractivity (Wildman–Crippen MR) is 117 cm³/mol. The molecule has 30 heavy (non-hydrogen) atoms. The van der Waals surface area contributed by atoms with Crippen LogP contribution < -0.4 is 5.32 Å². The summed E-state index contributed by atoms with van der Waals surface area (Å²) in [5.41, 5.74) is 3.19. The SMILES string of the molecule is Cc1ccc(Sc2oc(-c3ccc(C)cc3)nc2C(=O)NC2CCS(=O)(=O)C2)cc1. The van der Waals surface area contributed by atoms with E-state index in [4.69, 9.17) is 4.42 Å². The molecule has 1 atom stereocenters. The molecule has 1 aliphatic heterocycles. The first-order valence-electron chi connectivity index (χ1n) is 9.63. The maximum atomic E-state index is 12.9. The molecule has 2 heterocycles. The fourth-order valence-corrected chi connectivity index (χ4v) is 5.73. The summed E-state index contributed by atoms with van der Waals surface area (Å²) in [7, 11) is -3.09. The second-order valence-electron chi connectivity index (χ2n) is 7.51. The van der Waals surface area contributed by atoms with E-state index in [-0.39, 0.29) is 17.2 Å². The molecule has 6 nitrogen and oxygen atoms in total. The molecule has 156 valence electrons. The molecule has 1 N–H and O–H groups in total. The van der Waals surface area contributed by atoms with Crippen molar-refractivity contribution in [1.29, 1.82) is 0 Å². The minimum Gasteiger partial charge on any atom is -0.429 e. The van der Waals surface area contributed by atoms with Crippen molar-refractivity contribution >= 4 is 27.5 Å². The van der Waals surface area contributed by atoms with Gasteiger partial charge in [-0.2, -0.15) is 0 Å². The number of aryl methyl sites for hydroxylation is 2. The molecule has 0 radical (unpaired) electrons. The van der Waals surface area contributed by atoms with E-state index < -0.39 is 21.8 Å². The molecule has 0 bridgehead atoms. The third-order valence-corrected chi connectivity index (χ3v) is 7.65. The van der Waals surface area contributed by atoms with E-state index in [9.17, 15) is 13.2 Å². The molecule has 1 unspecified atom stereocenters. The summed E-state index contributed by atoms with van der Waals surface area (Å²) in [5, 5.41) is 3.19. The minimum absolute atomic E-state index is 0.0398. The Morgan fingerprint density at radius 2 is 1.70 bits per heavy atom. The number of aromatic nitrogens is 1. The summed E-state index contributed by atoms with van der Waals surface area (Å²) in [4.78, 5) is 18.3. The fourth-order valence-electron chi connectivity index (χ4n) is 3.21. The van der Waals surface area contributed by atoms with Crippen molar-refractivity contribution in [2.75, 3.05) is 11.5 Å². The molecule has 3 aromatic rings. The third-order valence-electron chi connectivity index (χ3n) is 4.91. The average Bonchev–Trinajstić information content (AvgIpc) is 3.27. The van der Waals surface area contributed by atoms with Crippen LogP contribution in [0.15, 0.2) is 62.9 Å². The van der Waals surface area contributed by atoms with Gasteiger partial charge in [0.1, 0.15) is 0 Å². The van der Waals surface area contributed by atoms with Gasteiger partial charge in [0.05, 0.1) is 11.5 Å². The summed E-state index contributed by atoms with van der Waals surface area (Å²) in [6.45, 7) is 4.00. The maximum absolute atomic E-state index is 12.9. The van der Waals surface area contributed by atoms with Crippen LogP contribution in [0.5, 0.6) is 0 Å². The number of rotatable bonds is 5. The minimum atomic E-state index is -3.09. The lowest BCUT2D eigenvalue weighted by molar-refractivity contribution is 0.0931. The molecular formula is C22H22N2O4S2. The Hall–Kier alpha value is -2.58. The van der Waals surface area contributed by atoms with Gasteiger partial charge in [-0.25, -0.2) is 13.4 Å². The Balaban J connectivity index is 1.64. The van der Waals surface area contributed by atoms with Crippen LogP contribution >= 0.6 is 11.8 Å². The van der Waals surface area contributed by atoms with Crippen LogP contribution in [-0.4, -0.2) is 36.9 Å². The number of sulfone groups is 1. The Morgan fingerprint density at radius 1 is 1.07 bits per heavy atom.